The Bertz CT molecular complexity index is 470. The van der Waals surface area contributed by atoms with Crippen LogP contribution in [0.5, 0.6) is 5.75 Å². The lowest BCUT2D eigenvalue weighted by Gasteiger charge is -2.30. The Balaban J connectivity index is 2.16. The number of rotatable bonds is 7. The van der Waals surface area contributed by atoms with Gasteiger partial charge in [0, 0.05) is 18.7 Å². The van der Waals surface area contributed by atoms with E-state index in [1.165, 1.54) is 0 Å². The Morgan fingerprint density at radius 1 is 1.38 bits per heavy atom. The molecule has 0 radical (unpaired) electrons. The molecule has 4 heteroatoms. The van der Waals surface area contributed by atoms with Gasteiger partial charge in [0.1, 0.15) is 5.75 Å². The minimum atomic E-state index is 0.0147. The number of hydrogen-bond acceptors (Lipinski definition) is 3. The summed E-state index contributed by atoms with van der Waals surface area (Å²) >= 11 is 0. The normalized spacial score (nSPS) is 16.4. The SMILES string of the molecule is CCOc1ccccc1C(CC(C)C)NC(=O)C1CNC1. The summed E-state index contributed by atoms with van der Waals surface area (Å²) in [5, 5.41) is 6.35. The van der Waals surface area contributed by atoms with Crippen LogP contribution in [0.2, 0.25) is 0 Å². The molecule has 0 bridgehead atoms. The molecule has 1 aliphatic rings. The van der Waals surface area contributed by atoms with E-state index < -0.39 is 0 Å². The van der Waals surface area contributed by atoms with E-state index in [0.29, 0.717) is 12.5 Å². The molecule has 116 valence electrons. The van der Waals surface area contributed by atoms with Crippen molar-refractivity contribution in [1.29, 1.82) is 0 Å². The van der Waals surface area contributed by atoms with Crippen LogP contribution in [0.1, 0.15) is 38.8 Å². The molecule has 1 fully saturated rings. The molecule has 2 rings (SSSR count). The second kappa shape index (κ2) is 7.46. The number of ether oxygens (including phenoxy) is 1. The highest BCUT2D eigenvalue weighted by Crippen LogP contribution is 2.30. The molecule has 2 N–H and O–H groups in total. The third kappa shape index (κ3) is 4.21. The maximum Gasteiger partial charge on any atom is 0.226 e. The molecule has 1 aromatic rings. The van der Waals surface area contributed by atoms with Crippen molar-refractivity contribution in [3.05, 3.63) is 29.8 Å². The lowest BCUT2D eigenvalue weighted by molar-refractivity contribution is -0.127. The number of nitrogens with one attached hydrogen (secondary N) is 2. The van der Waals surface area contributed by atoms with E-state index in [-0.39, 0.29) is 17.9 Å². The van der Waals surface area contributed by atoms with E-state index in [1.54, 1.807) is 0 Å². The topological polar surface area (TPSA) is 50.4 Å². The van der Waals surface area contributed by atoms with Crippen LogP contribution in [0.3, 0.4) is 0 Å². The number of hydrogen-bond donors (Lipinski definition) is 2. The molecule has 1 saturated heterocycles. The number of benzene rings is 1. The van der Waals surface area contributed by atoms with Gasteiger partial charge in [0.25, 0.3) is 0 Å². The molecule has 1 unspecified atom stereocenters. The zero-order valence-electron chi connectivity index (χ0n) is 13.2. The molecule has 21 heavy (non-hydrogen) atoms. The van der Waals surface area contributed by atoms with Crippen LogP contribution in [0, 0.1) is 11.8 Å². The third-order valence-corrected chi connectivity index (χ3v) is 3.77. The third-order valence-electron chi connectivity index (χ3n) is 3.77. The molecule has 1 amide bonds. The van der Waals surface area contributed by atoms with Crippen LogP contribution in [-0.2, 0) is 4.79 Å². The fourth-order valence-electron chi connectivity index (χ4n) is 2.55. The van der Waals surface area contributed by atoms with Crippen molar-refractivity contribution in [2.45, 2.75) is 33.2 Å². The molecular formula is C17H26N2O2. The van der Waals surface area contributed by atoms with E-state index in [9.17, 15) is 4.79 Å². The van der Waals surface area contributed by atoms with Gasteiger partial charge in [-0.15, -0.1) is 0 Å². The van der Waals surface area contributed by atoms with Crippen LogP contribution in [0.15, 0.2) is 24.3 Å². The van der Waals surface area contributed by atoms with Crippen molar-refractivity contribution >= 4 is 5.91 Å². The van der Waals surface area contributed by atoms with Gasteiger partial charge in [-0.2, -0.15) is 0 Å². The van der Waals surface area contributed by atoms with Crippen molar-refractivity contribution < 1.29 is 9.53 Å². The van der Waals surface area contributed by atoms with Crippen LogP contribution < -0.4 is 15.4 Å². The first kappa shape index (κ1) is 15.8. The second-order valence-corrected chi connectivity index (χ2v) is 6.02. The first-order valence-electron chi connectivity index (χ1n) is 7.84. The van der Waals surface area contributed by atoms with E-state index in [0.717, 1.165) is 30.8 Å². The Kier molecular flexibility index (Phi) is 5.62. The standard InChI is InChI=1S/C17H26N2O2/c1-4-21-16-8-6-5-7-14(16)15(9-12(2)3)19-17(20)13-10-18-11-13/h5-8,12-13,15,18H,4,9-11H2,1-3H3,(H,19,20). The Labute approximate surface area is 127 Å². The Hall–Kier alpha value is -1.55. The van der Waals surface area contributed by atoms with Crippen molar-refractivity contribution in [2.75, 3.05) is 19.7 Å². The van der Waals surface area contributed by atoms with Crippen molar-refractivity contribution in [3.63, 3.8) is 0 Å². The summed E-state index contributed by atoms with van der Waals surface area (Å²) in [7, 11) is 0. The largest absolute Gasteiger partial charge is 0.494 e. The summed E-state index contributed by atoms with van der Waals surface area (Å²) in [6, 6.07) is 8.02. The Morgan fingerprint density at radius 3 is 2.67 bits per heavy atom. The Morgan fingerprint density at radius 2 is 2.10 bits per heavy atom. The zero-order chi connectivity index (χ0) is 15.2. The highest BCUT2D eigenvalue weighted by Gasteiger charge is 2.28. The van der Waals surface area contributed by atoms with Gasteiger partial charge in [-0.1, -0.05) is 32.0 Å². The minimum Gasteiger partial charge on any atom is -0.494 e. The summed E-state index contributed by atoms with van der Waals surface area (Å²) in [4.78, 5) is 12.3. The minimum absolute atomic E-state index is 0.0147. The van der Waals surface area contributed by atoms with Crippen LogP contribution in [0.25, 0.3) is 0 Å². The highest BCUT2D eigenvalue weighted by molar-refractivity contribution is 5.80. The molecule has 1 heterocycles. The molecule has 1 aliphatic heterocycles. The van der Waals surface area contributed by atoms with Gasteiger partial charge in [-0.05, 0) is 25.3 Å². The van der Waals surface area contributed by atoms with Crippen molar-refractivity contribution in [3.8, 4) is 5.75 Å². The number of carbonyl (C=O) groups is 1. The fourth-order valence-corrected chi connectivity index (χ4v) is 2.55. The van der Waals surface area contributed by atoms with Crippen LogP contribution >= 0.6 is 0 Å². The molecule has 1 aromatic carbocycles. The smallest absolute Gasteiger partial charge is 0.226 e. The summed E-state index contributed by atoms with van der Waals surface area (Å²) in [6.45, 7) is 8.53. The van der Waals surface area contributed by atoms with Gasteiger partial charge < -0.3 is 15.4 Å². The van der Waals surface area contributed by atoms with Gasteiger partial charge >= 0.3 is 0 Å². The van der Waals surface area contributed by atoms with Gasteiger partial charge in [0.2, 0.25) is 5.91 Å². The summed E-state index contributed by atoms with van der Waals surface area (Å²) in [5.74, 6) is 1.63. The average Bonchev–Trinajstić information content (AvgIpc) is 2.36. The molecule has 4 nitrogen and oxygen atoms in total. The number of para-hydroxylation sites is 1. The first-order valence-corrected chi connectivity index (χ1v) is 7.84. The summed E-state index contributed by atoms with van der Waals surface area (Å²) in [5.41, 5.74) is 1.08. The molecule has 0 aromatic heterocycles. The predicted molar refractivity (Wildman–Crippen MR) is 84.3 cm³/mol. The summed E-state index contributed by atoms with van der Waals surface area (Å²) < 4.78 is 5.72. The van der Waals surface area contributed by atoms with E-state index >= 15 is 0 Å². The van der Waals surface area contributed by atoms with E-state index in [2.05, 4.69) is 30.5 Å². The predicted octanol–water partition coefficient (Wildman–Crippen LogP) is 2.51. The van der Waals surface area contributed by atoms with E-state index in [1.807, 2.05) is 25.1 Å². The lowest BCUT2D eigenvalue weighted by atomic mass is 9.94. The number of amides is 1. The monoisotopic (exact) mass is 290 g/mol. The van der Waals surface area contributed by atoms with Crippen molar-refractivity contribution in [2.24, 2.45) is 11.8 Å². The molecule has 1 atom stereocenters. The maximum absolute atomic E-state index is 12.3. The van der Waals surface area contributed by atoms with E-state index in [4.69, 9.17) is 4.74 Å². The molecule has 0 aliphatic carbocycles. The first-order chi connectivity index (χ1) is 10.1. The molecule has 0 spiro atoms. The van der Waals surface area contributed by atoms with Crippen molar-refractivity contribution in [1.82, 2.24) is 10.6 Å². The quantitative estimate of drug-likeness (QED) is 0.811. The lowest BCUT2D eigenvalue weighted by Crippen LogP contribution is -2.51. The van der Waals surface area contributed by atoms with Gasteiger partial charge in [-0.25, -0.2) is 0 Å². The number of carbonyl (C=O) groups excluding carboxylic acids is 1. The van der Waals surface area contributed by atoms with Gasteiger partial charge in [-0.3, -0.25) is 4.79 Å². The summed E-state index contributed by atoms with van der Waals surface area (Å²) in [6.07, 6.45) is 0.913. The highest BCUT2D eigenvalue weighted by atomic mass is 16.5. The average molecular weight is 290 g/mol. The molecule has 0 saturated carbocycles. The molecular weight excluding hydrogens is 264 g/mol. The maximum atomic E-state index is 12.3. The van der Waals surface area contributed by atoms with Crippen LogP contribution in [-0.4, -0.2) is 25.6 Å². The fraction of sp³-hybridized carbons (Fsp3) is 0.588. The second-order valence-electron chi connectivity index (χ2n) is 6.02. The van der Waals surface area contributed by atoms with Gasteiger partial charge in [0.15, 0.2) is 0 Å². The van der Waals surface area contributed by atoms with Gasteiger partial charge in [0.05, 0.1) is 18.6 Å². The zero-order valence-corrected chi connectivity index (χ0v) is 13.2. The van der Waals surface area contributed by atoms with Crippen LogP contribution in [0.4, 0.5) is 0 Å².